The minimum Gasteiger partial charge on any atom is -0.483 e. The standard InChI is InChI=1S/C24H22N2O5/c1-15-7-5-8-16(2)22(15)31-14-21(27)25-18-10-6-9-17(13-18)23(28)26-20-12-4-3-11-19(20)24(29)30/h3-13H,14H2,1-2H3,(H,25,27)(H,26,28)(H,29,30). The van der Waals surface area contributed by atoms with E-state index < -0.39 is 11.9 Å². The normalized spacial score (nSPS) is 10.3. The fourth-order valence-corrected chi connectivity index (χ4v) is 3.07. The van der Waals surface area contributed by atoms with Crippen LogP contribution in [0.15, 0.2) is 66.7 Å². The highest BCUT2D eigenvalue weighted by Gasteiger charge is 2.14. The summed E-state index contributed by atoms with van der Waals surface area (Å²) in [6.07, 6.45) is 0. The van der Waals surface area contributed by atoms with Crippen LogP contribution in [0, 0.1) is 13.8 Å². The lowest BCUT2D eigenvalue weighted by atomic mass is 10.1. The Bertz CT molecular complexity index is 1120. The summed E-state index contributed by atoms with van der Waals surface area (Å²) in [5.74, 6) is -1.32. The van der Waals surface area contributed by atoms with Gasteiger partial charge in [-0.25, -0.2) is 4.79 Å². The number of amides is 2. The second-order valence-corrected chi connectivity index (χ2v) is 6.94. The predicted molar refractivity (Wildman–Crippen MR) is 118 cm³/mol. The van der Waals surface area contributed by atoms with Gasteiger partial charge in [-0.2, -0.15) is 0 Å². The number of nitrogens with one attached hydrogen (secondary N) is 2. The zero-order valence-electron chi connectivity index (χ0n) is 17.1. The number of carbonyl (C=O) groups excluding carboxylic acids is 2. The molecular weight excluding hydrogens is 396 g/mol. The van der Waals surface area contributed by atoms with Crippen molar-refractivity contribution in [2.45, 2.75) is 13.8 Å². The van der Waals surface area contributed by atoms with Crippen molar-refractivity contribution in [1.29, 1.82) is 0 Å². The summed E-state index contributed by atoms with van der Waals surface area (Å²) in [6, 6.07) is 18.2. The molecule has 0 unspecified atom stereocenters. The molecule has 2 amide bonds. The van der Waals surface area contributed by atoms with Crippen LogP contribution in [0.1, 0.15) is 31.8 Å². The molecule has 3 N–H and O–H groups in total. The number of aromatic carboxylic acids is 1. The van der Waals surface area contributed by atoms with Crippen LogP contribution in [0.4, 0.5) is 11.4 Å². The number of hydrogen-bond acceptors (Lipinski definition) is 4. The molecule has 0 saturated heterocycles. The fraction of sp³-hybridized carbons (Fsp3) is 0.125. The van der Waals surface area contributed by atoms with E-state index in [-0.39, 0.29) is 29.3 Å². The summed E-state index contributed by atoms with van der Waals surface area (Å²) < 4.78 is 5.65. The molecule has 7 heteroatoms. The highest BCUT2D eigenvalue weighted by molar-refractivity contribution is 6.08. The van der Waals surface area contributed by atoms with Crippen LogP contribution in [-0.2, 0) is 4.79 Å². The van der Waals surface area contributed by atoms with Crippen molar-refractivity contribution in [3.8, 4) is 5.75 Å². The molecule has 0 atom stereocenters. The molecule has 3 aromatic rings. The van der Waals surface area contributed by atoms with Gasteiger partial charge in [0, 0.05) is 11.3 Å². The number of rotatable bonds is 7. The van der Waals surface area contributed by atoms with Crippen LogP contribution in [0.25, 0.3) is 0 Å². The van der Waals surface area contributed by atoms with Crippen molar-refractivity contribution in [3.05, 3.63) is 89.0 Å². The van der Waals surface area contributed by atoms with Crippen LogP contribution < -0.4 is 15.4 Å². The molecule has 0 bridgehead atoms. The number of para-hydroxylation sites is 2. The van der Waals surface area contributed by atoms with Gasteiger partial charge in [-0.15, -0.1) is 0 Å². The Labute approximate surface area is 179 Å². The molecule has 0 fully saturated rings. The zero-order valence-corrected chi connectivity index (χ0v) is 17.1. The number of carboxylic acids is 1. The number of anilines is 2. The molecule has 31 heavy (non-hydrogen) atoms. The summed E-state index contributed by atoms with van der Waals surface area (Å²) in [5, 5.41) is 14.5. The first-order valence-electron chi connectivity index (χ1n) is 9.58. The van der Waals surface area contributed by atoms with Crippen molar-refractivity contribution in [3.63, 3.8) is 0 Å². The number of carbonyl (C=O) groups is 3. The first-order chi connectivity index (χ1) is 14.8. The second kappa shape index (κ2) is 9.58. The maximum atomic E-state index is 12.6. The molecule has 0 saturated carbocycles. The van der Waals surface area contributed by atoms with Gasteiger partial charge in [0.25, 0.3) is 11.8 Å². The van der Waals surface area contributed by atoms with Gasteiger partial charge in [-0.1, -0.05) is 36.4 Å². The Kier molecular flexibility index (Phi) is 6.67. The van der Waals surface area contributed by atoms with Gasteiger partial charge in [-0.05, 0) is 55.3 Å². The zero-order chi connectivity index (χ0) is 22.4. The summed E-state index contributed by atoms with van der Waals surface area (Å²) in [4.78, 5) is 36.2. The van der Waals surface area contributed by atoms with Crippen molar-refractivity contribution < 1.29 is 24.2 Å². The average Bonchev–Trinajstić information content (AvgIpc) is 2.74. The van der Waals surface area contributed by atoms with Gasteiger partial charge in [0.2, 0.25) is 0 Å². The van der Waals surface area contributed by atoms with E-state index in [2.05, 4.69) is 10.6 Å². The van der Waals surface area contributed by atoms with E-state index in [4.69, 9.17) is 4.74 Å². The van der Waals surface area contributed by atoms with Gasteiger partial charge >= 0.3 is 5.97 Å². The quantitative estimate of drug-likeness (QED) is 0.531. The fourth-order valence-electron chi connectivity index (χ4n) is 3.07. The Balaban J connectivity index is 1.65. The van der Waals surface area contributed by atoms with Gasteiger partial charge in [0.1, 0.15) is 5.75 Å². The molecule has 3 rings (SSSR count). The molecule has 3 aromatic carbocycles. The number of carboxylic acid groups (broad SMARTS) is 1. The monoisotopic (exact) mass is 418 g/mol. The van der Waals surface area contributed by atoms with Crippen molar-refractivity contribution in [2.75, 3.05) is 17.2 Å². The molecule has 158 valence electrons. The number of hydrogen-bond donors (Lipinski definition) is 3. The average molecular weight is 418 g/mol. The second-order valence-electron chi connectivity index (χ2n) is 6.94. The summed E-state index contributed by atoms with van der Waals surface area (Å²) >= 11 is 0. The minimum absolute atomic E-state index is 0.0102. The molecular formula is C24H22N2O5. The van der Waals surface area contributed by atoms with Crippen molar-refractivity contribution >= 4 is 29.2 Å². The Morgan fingerprint density at radius 2 is 1.55 bits per heavy atom. The Morgan fingerprint density at radius 3 is 2.26 bits per heavy atom. The van der Waals surface area contributed by atoms with E-state index in [1.807, 2.05) is 32.0 Å². The molecule has 0 aliphatic carbocycles. The molecule has 7 nitrogen and oxygen atoms in total. The van der Waals surface area contributed by atoms with E-state index in [1.54, 1.807) is 30.3 Å². The molecule has 0 aromatic heterocycles. The first kappa shape index (κ1) is 21.6. The maximum Gasteiger partial charge on any atom is 0.337 e. The third-order valence-electron chi connectivity index (χ3n) is 4.57. The maximum absolute atomic E-state index is 12.6. The van der Waals surface area contributed by atoms with E-state index in [0.29, 0.717) is 11.4 Å². The lowest BCUT2D eigenvalue weighted by Gasteiger charge is -2.12. The smallest absolute Gasteiger partial charge is 0.337 e. The third kappa shape index (κ3) is 5.48. The topological polar surface area (TPSA) is 105 Å². The molecule has 0 aliphatic rings. The van der Waals surface area contributed by atoms with Crippen molar-refractivity contribution in [2.24, 2.45) is 0 Å². The van der Waals surface area contributed by atoms with Crippen LogP contribution in [-0.4, -0.2) is 29.5 Å². The van der Waals surface area contributed by atoms with Gasteiger partial charge < -0.3 is 20.5 Å². The van der Waals surface area contributed by atoms with E-state index >= 15 is 0 Å². The predicted octanol–water partition coefficient (Wildman–Crippen LogP) is 4.27. The number of benzene rings is 3. The Morgan fingerprint density at radius 1 is 0.871 bits per heavy atom. The first-order valence-corrected chi connectivity index (χ1v) is 9.58. The molecule has 0 aliphatic heterocycles. The van der Waals surface area contributed by atoms with E-state index in [1.165, 1.54) is 18.2 Å². The highest BCUT2D eigenvalue weighted by Crippen LogP contribution is 2.22. The van der Waals surface area contributed by atoms with Gasteiger partial charge in [0.05, 0.1) is 11.3 Å². The van der Waals surface area contributed by atoms with Crippen LogP contribution in [0.3, 0.4) is 0 Å². The molecule has 0 radical (unpaired) electrons. The summed E-state index contributed by atoms with van der Waals surface area (Å²) in [5.41, 5.74) is 2.75. The van der Waals surface area contributed by atoms with E-state index in [0.717, 1.165) is 11.1 Å². The van der Waals surface area contributed by atoms with Crippen LogP contribution in [0.5, 0.6) is 5.75 Å². The third-order valence-corrected chi connectivity index (χ3v) is 4.57. The Hall–Kier alpha value is -4.13. The van der Waals surface area contributed by atoms with Gasteiger partial charge in [-0.3, -0.25) is 9.59 Å². The minimum atomic E-state index is -1.14. The molecule has 0 spiro atoms. The lowest BCUT2D eigenvalue weighted by Crippen LogP contribution is -2.21. The van der Waals surface area contributed by atoms with Crippen LogP contribution >= 0.6 is 0 Å². The van der Waals surface area contributed by atoms with Crippen molar-refractivity contribution in [1.82, 2.24) is 0 Å². The largest absolute Gasteiger partial charge is 0.483 e. The SMILES string of the molecule is Cc1cccc(C)c1OCC(=O)Nc1cccc(C(=O)Nc2ccccc2C(=O)O)c1. The highest BCUT2D eigenvalue weighted by atomic mass is 16.5. The number of aryl methyl sites for hydroxylation is 2. The lowest BCUT2D eigenvalue weighted by molar-refractivity contribution is -0.118. The number of ether oxygens (including phenoxy) is 1. The van der Waals surface area contributed by atoms with Crippen LogP contribution in [0.2, 0.25) is 0 Å². The van der Waals surface area contributed by atoms with E-state index in [9.17, 15) is 19.5 Å². The summed E-state index contributed by atoms with van der Waals surface area (Å²) in [7, 11) is 0. The molecule has 0 heterocycles. The summed E-state index contributed by atoms with van der Waals surface area (Å²) in [6.45, 7) is 3.64. The van der Waals surface area contributed by atoms with Gasteiger partial charge in [0.15, 0.2) is 6.61 Å².